The van der Waals surface area contributed by atoms with Gasteiger partial charge in [-0.3, -0.25) is 0 Å². The first kappa shape index (κ1) is 18.6. The van der Waals surface area contributed by atoms with Crippen LogP contribution in [0.3, 0.4) is 0 Å². The van der Waals surface area contributed by atoms with E-state index >= 15 is 0 Å². The maximum Gasteiger partial charge on any atom is 0.0366 e. The molecule has 2 aliphatic heterocycles. The number of rotatable bonds is 3. The summed E-state index contributed by atoms with van der Waals surface area (Å²) in [6.45, 7) is 6.84. The predicted molar refractivity (Wildman–Crippen MR) is 95.3 cm³/mol. The van der Waals surface area contributed by atoms with E-state index in [-0.39, 0.29) is 24.8 Å². The molecule has 2 heterocycles. The summed E-state index contributed by atoms with van der Waals surface area (Å²) in [6, 6.07) is 10.4. The molecular weight excluding hydrogens is 305 g/mol. The van der Waals surface area contributed by atoms with Gasteiger partial charge in [0, 0.05) is 37.4 Å². The molecule has 3 rings (SSSR count). The van der Waals surface area contributed by atoms with E-state index in [1.807, 2.05) is 0 Å². The third kappa shape index (κ3) is 5.03. The maximum atomic E-state index is 3.81. The number of nitrogens with one attached hydrogen (secondary N) is 2. The Morgan fingerprint density at radius 3 is 2.24 bits per heavy atom. The summed E-state index contributed by atoms with van der Waals surface area (Å²) in [6.07, 6.45) is 3.83. The van der Waals surface area contributed by atoms with E-state index in [0.29, 0.717) is 12.1 Å². The second-order valence-electron chi connectivity index (χ2n) is 5.95. The van der Waals surface area contributed by atoms with Gasteiger partial charge < -0.3 is 15.5 Å². The third-order valence-electron chi connectivity index (χ3n) is 4.43. The summed E-state index contributed by atoms with van der Waals surface area (Å²) in [5.74, 6) is 0. The Balaban J connectivity index is 0.00000110. The van der Waals surface area contributed by atoms with Crippen LogP contribution in [0.2, 0.25) is 0 Å². The molecule has 0 bridgehead atoms. The lowest BCUT2D eigenvalue weighted by atomic mass is 10.0. The van der Waals surface area contributed by atoms with Crippen LogP contribution in [0.4, 0.5) is 5.69 Å². The van der Waals surface area contributed by atoms with Gasteiger partial charge in [-0.05, 0) is 44.9 Å². The van der Waals surface area contributed by atoms with Gasteiger partial charge >= 0.3 is 0 Å². The lowest BCUT2D eigenvalue weighted by Gasteiger charge is -2.35. The number of piperidine rings is 1. The zero-order valence-corrected chi connectivity index (χ0v) is 14.3. The van der Waals surface area contributed by atoms with Crippen LogP contribution in [0.25, 0.3) is 0 Å². The average molecular weight is 332 g/mol. The fourth-order valence-corrected chi connectivity index (χ4v) is 3.19. The normalized spacial score (nSPS) is 22.5. The number of aryl methyl sites for hydroxylation is 1. The number of anilines is 1. The van der Waals surface area contributed by atoms with Crippen LogP contribution in [-0.4, -0.2) is 38.3 Å². The molecule has 3 nitrogen and oxygen atoms in total. The fourth-order valence-electron chi connectivity index (χ4n) is 3.19. The molecule has 21 heavy (non-hydrogen) atoms. The van der Waals surface area contributed by atoms with Crippen LogP contribution < -0.4 is 15.5 Å². The summed E-state index contributed by atoms with van der Waals surface area (Å²) in [5, 5.41) is 7.24. The van der Waals surface area contributed by atoms with Crippen LogP contribution >= 0.6 is 24.8 Å². The second kappa shape index (κ2) is 8.84. The van der Waals surface area contributed by atoms with Gasteiger partial charge in [0.2, 0.25) is 0 Å². The van der Waals surface area contributed by atoms with Crippen LogP contribution in [0, 0.1) is 6.92 Å². The number of hydrogen-bond donors (Lipinski definition) is 2. The van der Waals surface area contributed by atoms with Crippen molar-refractivity contribution in [2.75, 3.05) is 31.1 Å². The number of hydrogen-bond acceptors (Lipinski definition) is 3. The molecule has 120 valence electrons. The molecule has 0 saturated carbocycles. The summed E-state index contributed by atoms with van der Waals surface area (Å²) >= 11 is 0. The zero-order valence-electron chi connectivity index (χ0n) is 12.7. The van der Waals surface area contributed by atoms with Gasteiger partial charge in [0.25, 0.3) is 0 Å². The van der Waals surface area contributed by atoms with Crippen LogP contribution in [0.15, 0.2) is 24.3 Å². The summed E-state index contributed by atoms with van der Waals surface area (Å²) in [5.41, 5.74) is 2.72. The Morgan fingerprint density at radius 1 is 1.00 bits per heavy atom. The highest BCUT2D eigenvalue weighted by atomic mass is 35.5. The van der Waals surface area contributed by atoms with Gasteiger partial charge in [-0.25, -0.2) is 0 Å². The first-order chi connectivity index (χ1) is 9.31. The molecule has 0 spiro atoms. The van der Waals surface area contributed by atoms with Crippen LogP contribution in [-0.2, 0) is 0 Å². The van der Waals surface area contributed by atoms with Crippen molar-refractivity contribution < 1.29 is 0 Å². The van der Waals surface area contributed by atoms with Crippen molar-refractivity contribution in [1.82, 2.24) is 10.6 Å². The molecule has 0 aliphatic carbocycles. The predicted octanol–water partition coefficient (Wildman–Crippen LogP) is 2.76. The molecule has 0 amide bonds. The molecule has 2 N–H and O–H groups in total. The van der Waals surface area contributed by atoms with Crippen molar-refractivity contribution in [1.29, 1.82) is 0 Å². The van der Waals surface area contributed by atoms with Crippen molar-refractivity contribution >= 4 is 30.5 Å². The monoisotopic (exact) mass is 331 g/mol. The molecule has 1 unspecified atom stereocenters. The quantitative estimate of drug-likeness (QED) is 0.891. The van der Waals surface area contributed by atoms with E-state index in [1.54, 1.807) is 0 Å². The Kier molecular flexibility index (Phi) is 7.82. The first-order valence-corrected chi connectivity index (χ1v) is 7.59. The lowest BCUT2D eigenvalue weighted by Crippen LogP contribution is -2.46. The van der Waals surface area contributed by atoms with Gasteiger partial charge in [0.15, 0.2) is 0 Å². The third-order valence-corrected chi connectivity index (χ3v) is 4.43. The molecule has 1 atom stereocenters. The lowest BCUT2D eigenvalue weighted by molar-refractivity contribution is 0.375. The summed E-state index contributed by atoms with van der Waals surface area (Å²) < 4.78 is 0. The molecule has 0 aromatic heterocycles. The smallest absolute Gasteiger partial charge is 0.0366 e. The Hall–Kier alpha value is -0.480. The average Bonchev–Trinajstić information content (AvgIpc) is 2.94. The summed E-state index contributed by atoms with van der Waals surface area (Å²) in [7, 11) is 0. The molecule has 1 aromatic rings. The Labute approximate surface area is 140 Å². The van der Waals surface area contributed by atoms with E-state index in [4.69, 9.17) is 0 Å². The SMILES string of the molecule is Cc1ccc(N2CCC(NC3CCNC3)CC2)cc1.Cl.Cl. The van der Waals surface area contributed by atoms with Crippen molar-refractivity contribution in [3.05, 3.63) is 29.8 Å². The van der Waals surface area contributed by atoms with Gasteiger partial charge in [0.1, 0.15) is 0 Å². The molecule has 2 saturated heterocycles. The minimum absolute atomic E-state index is 0. The van der Waals surface area contributed by atoms with Crippen LogP contribution in [0.5, 0.6) is 0 Å². The molecular formula is C16H27Cl2N3. The highest BCUT2D eigenvalue weighted by Crippen LogP contribution is 2.20. The van der Waals surface area contributed by atoms with E-state index in [0.717, 1.165) is 6.54 Å². The van der Waals surface area contributed by atoms with Crippen molar-refractivity contribution in [2.24, 2.45) is 0 Å². The van der Waals surface area contributed by atoms with Crippen molar-refractivity contribution in [3.63, 3.8) is 0 Å². The molecule has 1 aromatic carbocycles. The number of nitrogens with zero attached hydrogens (tertiary/aromatic N) is 1. The summed E-state index contributed by atoms with van der Waals surface area (Å²) in [4.78, 5) is 2.52. The van der Waals surface area contributed by atoms with E-state index < -0.39 is 0 Å². The Bertz CT molecular complexity index is 396. The van der Waals surface area contributed by atoms with Crippen LogP contribution in [0.1, 0.15) is 24.8 Å². The second-order valence-corrected chi connectivity index (χ2v) is 5.95. The molecule has 0 radical (unpaired) electrons. The van der Waals surface area contributed by atoms with E-state index in [9.17, 15) is 0 Å². The highest BCUT2D eigenvalue weighted by Gasteiger charge is 2.23. The minimum atomic E-state index is 0. The molecule has 5 heteroatoms. The van der Waals surface area contributed by atoms with Crippen molar-refractivity contribution in [3.8, 4) is 0 Å². The topological polar surface area (TPSA) is 27.3 Å². The first-order valence-electron chi connectivity index (χ1n) is 7.59. The zero-order chi connectivity index (χ0) is 13.1. The van der Waals surface area contributed by atoms with Crippen molar-refractivity contribution in [2.45, 2.75) is 38.3 Å². The largest absolute Gasteiger partial charge is 0.371 e. The maximum absolute atomic E-state index is 3.81. The number of halogens is 2. The van der Waals surface area contributed by atoms with E-state index in [2.05, 4.69) is 46.7 Å². The molecule has 2 aliphatic rings. The Morgan fingerprint density at radius 2 is 1.67 bits per heavy atom. The van der Waals surface area contributed by atoms with Gasteiger partial charge in [0.05, 0.1) is 0 Å². The number of benzene rings is 1. The van der Waals surface area contributed by atoms with Gasteiger partial charge in [-0.15, -0.1) is 24.8 Å². The molecule has 2 fully saturated rings. The van der Waals surface area contributed by atoms with Gasteiger partial charge in [-0.2, -0.15) is 0 Å². The van der Waals surface area contributed by atoms with Gasteiger partial charge in [-0.1, -0.05) is 17.7 Å². The fraction of sp³-hybridized carbons (Fsp3) is 0.625. The standard InChI is InChI=1S/C16H25N3.2ClH/c1-13-2-4-16(5-3-13)19-10-7-14(8-11-19)18-15-6-9-17-12-15;;/h2-5,14-15,17-18H,6-12H2,1H3;2*1H. The minimum Gasteiger partial charge on any atom is -0.371 e. The van der Waals surface area contributed by atoms with E-state index in [1.165, 1.54) is 50.1 Å². The highest BCUT2D eigenvalue weighted by molar-refractivity contribution is 5.85.